The Morgan fingerprint density at radius 3 is 1.38 bits per heavy atom. The molecule has 1 aliphatic rings. The molecule has 0 aliphatic heterocycles. The summed E-state index contributed by atoms with van der Waals surface area (Å²) < 4.78 is 2.37. The summed E-state index contributed by atoms with van der Waals surface area (Å²) in [7, 11) is 0. The number of fused-ring (bicyclic) bond motifs is 4. The second-order valence-corrected chi connectivity index (χ2v) is 16.3. The predicted molar refractivity (Wildman–Crippen MR) is 266 cm³/mol. The summed E-state index contributed by atoms with van der Waals surface area (Å²) in [6.45, 7) is 2.85. The molecule has 1 heterocycles. The van der Waals surface area contributed by atoms with Crippen molar-refractivity contribution in [3.05, 3.63) is 277 Å². The van der Waals surface area contributed by atoms with Crippen LogP contribution in [0.15, 0.2) is 254 Å². The van der Waals surface area contributed by atoms with Crippen molar-refractivity contribution in [3.63, 3.8) is 0 Å². The van der Waals surface area contributed by atoms with E-state index in [2.05, 4.69) is 265 Å². The van der Waals surface area contributed by atoms with Crippen molar-refractivity contribution in [2.24, 2.45) is 0 Å². The lowest BCUT2D eigenvalue weighted by Gasteiger charge is -2.35. The lowest BCUT2D eigenvalue weighted by molar-refractivity contribution is 0.765. The van der Waals surface area contributed by atoms with Crippen LogP contribution >= 0.6 is 0 Å². The molecule has 9 aromatic carbocycles. The van der Waals surface area contributed by atoms with Crippen LogP contribution in [0.3, 0.4) is 0 Å². The molecule has 0 N–H and O–H groups in total. The van der Waals surface area contributed by atoms with Gasteiger partial charge < -0.3 is 9.47 Å². The van der Waals surface area contributed by atoms with Crippen molar-refractivity contribution in [1.82, 2.24) is 4.57 Å². The average Bonchev–Trinajstić information content (AvgIpc) is 3.85. The van der Waals surface area contributed by atoms with Gasteiger partial charge >= 0.3 is 0 Å². The standard InChI is InChI=1S/C61H46N2/c1-2-53-54-24-12-15-27-57(54)61(48-20-8-4-9-21-48,49-22-10-5-11-23-49)58(53)42-43-62(50-36-30-45(31-37-50)44-18-6-3-7-19-44)51-38-32-46(33-39-51)47-34-40-52(41-35-47)63-59-28-16-13-25-55(59)56-26-14-17-29-60(56)63/h2-42H,43H2,1H3/b53-2-,58-42+. The second-order valence-electron chi connectivity index (χ2n) is 16.3. The van der Waals surface area contributed by atoms with E-state index in [-0.39, 0.29) is 0 Å². The Morgan fingerprint density at radius 1 is 0.429 bits per heavy atom. The molecule has 2 nitrogen and oxygen atoms in total. The van der Waals surface area contributed by atoms with E-state index < -0.39 is 5.41 Å². The van der Waals surface area contributed by atoms with E-state index in [9.17, 15) is 0 Å². The van der Waals surface area contributed by atoms with Crippen molar-refractivity contribution >= 4 is 38.8 Å². The molecule has 11 rings (SSSR count). The first kappa shape index (κ1) is 38.0. The van der Waals surface area contributed by atoms with Crippen LogP contribution in [0.1, 0.15) is 29.2 Å². The molecular weight excluding hydrogens is 761 g/mol. The average molecular weight is 807 g/mol. The summed E-state index contributed by atoms with van der Waals surface area (Å²) >= 11 is 0. The summed E-state index contributed by atoms with van der Waals surface area (Å²) in [6, 6.07) is 86.2. The van der Waals surface area contributed by atoms with Crippen LogP contribution in [0.25, 0.3) is 55.3 Å². The lowest BCUT2D eigenvalue weighted by atomic mass is 9.67. The largest absolute Gasteiger partial charge is 0.338 e. The topological polar surface area (TPSA) is 8.17 Å². The summed E-state index contributed by atoms with van der Waals surface area (Å²) in [5.74, 6) is 0. The highest BCUT2D eigenvalue weighted by Gasteiger charge is 2.47. The van der Waals surface area contributed by atoms with Gasteiger partial charge in [-0.3, -0.25) is 0 Å². The monoisotopic (exact) mass is 806 g/mol. The highest BCUT2D eigenvalue weighted by atomic mass is 15.1. The van der Waals surface area contributed by atoms with Crippen molar-refractivity contribution in [2.45, 2.75) is 12.3 Å². The quantitative estimate of drug-likeness (QED) is 0.141. The molecular formula is C61H46N2. The fourth-order valence-corrected chi connectivity index (χ4v) is 10.1. The smallest absolute Gasteiger partial charge is 0.0711 e. The van der Waals surface area contributed by atoms with Gasteiger partial charge in [0.1, 0.15) is 0 Å². The Bertz CT molecular complexity index is 3170. The molecule has 0 bridgehead atoms. The van der Waals surface area contributed by atoms with Crippen LogP contribution < -0.4 is 4.90 Å². The maximum absolute atomic E-state index is 2.49. The minimum atomic E-state index is -0.487. The second kappa shape index (κ2) is 16.2. The number of para-hydroxylation sites is 2. The Balaban J connectivity index is 1.000. The molecule has 1 aromatic heterocycles. The van der Waals surface area contributed by atoms with Gasteiger partial charge in [0, 0.05) is 34.4 Å². The normalized spacial score (nSPS) is 14.4. The van der Waals surface area contributed by atoms with E-state index in [1.807, 2.05) is 0 Å². The minimum absolute atomic E-state index is 0.487. The van der Waals surface area contributed by atoms with Crippen LogP contribution in [0.5, 0.6) is 0 Å². The minimum Gasteiger partial charge on any atom is -0.338 e. The molecule has 0 amide bonds. The highest BCUT2D eigenvalue weighted by molar-refractivity contribution is 6.09. The molecule has 10 aromatic rings. The number of rotatable bonds is 9. The number of benzene rings is 9. The number of anilines is 2. The molecule has 0 atom stereocenters. The molecule has 0 fully saturated rings. The highest BCUT2D eigenvalue weighted by Crippen LogP contribution is 2.57. The fourth-order valence-electron chi connectivity index (χ4n) is 10.1. The predicted octanol–water partition coefficient (Wildman–Crippen LogP) is 15.6. The van der Waals surface area contributed by atoms with Crippen LogP contribution in [-0.4, -0.2) is 11.1 Å². The van der Waals surface area contributed by atoms with Crippen molar-refractivity contribution in [2.75, 3.05) is 11.4 Å². The van der Waals surface area contributed by atoms with Gasteiger partial charge in [-0.05, 0) is 111 Å². The zero-order chi connectivity index (χ0) is 42.2. The fraction of sp³-hybridized carbons (Fsp3) is 0.0492. The van der Waals surface area contributed by atoms with Gasteiger partial charge in [0.25, 0.3) is 0 Å². The summed E-state index contributed by atoms with van der Waals surface area (Å²) in [4.78, 5) is 2.45. The molecule has 300 valence electrons. The summed E-state index contributed by atoms with van der Waals surface area (Å²) in [5, 5.41) is 2.54. The zero-order valence-corrected chi connectivity index (χ0v) is 35.3. The maximum Gasteiger partial charge on any atom is 0.0711 e. The molecule has 0 radical (unpaired) electrons. The van der Waals surface area contributed by atoms with Crippen molar-refractivity contribution < 1.29 is 0 Å². The number of nitrogens with zero attached hydrogens (tertiary/aromatic N) is 2. The molecule has 0 saturated carbocycles. The number of allylic oxidation sites excluding steroid dienone is 3. The first-order valence-electron chi connectivity index (χ1n) is 21.9. The molecule has 0 unspecified atom stereocenters. The van der Waals surface area contributed by atoms with Crippen molar-refractivity contribution in [3.8, 4) is 27.9 Å². The molecule has 63 heavy (non-hydrogen) atoms. The zero-order valence-electron chi connectivity index (χ0n) is 35.3. The van der Waals surface area contributed by atoms with E-state index in [1.54, 1.807) is 0 Å². The third kappa shape index (κ3) is 6.51. The molecule has 1 aliphatic carbocycles. The Labute approximate surface area is 370 Å². The first-order valence-corrected chi connectivity index (χ1v) is 21.9. The van der Waals surface area contributed by atoms with E-state index in [4.69, 9.17) is 0 Å². The van der Waals surface area contributed by atoms with Gasteiger partial charge in [-0.25, -0.2) is 0 Å². The van der Waals surface area contributed by atoms with Gasteiger partial charge in [0.05, 0.1) is 16.4 Å². The maximum atomic E-state index is 2.49. The van der Waals surface area contributed by atoms with E-state index >= 15 is 0 Å². The number of hydrogen-bond acceptors (Lipinski definition) is 1. The number of aromatic nitrogens is 1. The number of hydrogen-bond donors (Lipinski definition) is 0. The SMILES string of the molecule is C/C=C1\C(=C/CN(c2ccc(-c3ccccc3)cc2)c2ccc(-c3ccc(-n4c5ccccc5c5ccccc54)cc3)cc2)C(c2ccccc2)(c2ccccc2)c2ccccc21. The molecule has 0 spiro atoms. The third-order valence-corrected chi connectivity index (χ3v) is 13.0. The molecule has 0 saturated heterocycles. The first-order chi connectivity index (χ1) is 31.2. The van der Waals surface area contributed by atoms with Gasteiger partial charge in [0.2, 0.25) is 0 Å². The van der Waals surface area contributed by atoms with Gasteiger partial charge in [-0.1, -0.05) is 200 Å². The summed E-state index contributed by atoms with van der Waals surface area (Å²) in [6.07, 6.45) is 4.79. The van der Waals surface area contributed by atoms with Gasteiger partial charge in [0.15, 0.2) is 0 Å². The molecule has 2 heteroatoms. The van der Waals surface area contributed by atoms with Crippen molar-refractivity contribution in [1.29, 1.82) is 0 Å². The van der Waals surface area contributed by atoms with Crippen LogP contribution in [0.2, 0.25) is 0 Å². The van der Waals surface area contributed by atoms with Gasteiger partial charge in [-0.15, -0.1) is 0 Å². The Hall–Kier alpha value is -7.94. The van der Waals surface area contributed by atoms with E-state index in [0.29, 0.717) is 6.54 Å². The van der Waals surface area contributed by atoms with E-state index in [0.717, 1.165) is 17.1 Å². The van der Waals surface area contributed by atoms with Crippen LogP contribution in [0, 0.1) is 0 Å². The third-order valence-electron chi connectivity index (χ3n) is 13.0. The Kier molecular flexibility index (Phi) is 9.75. The van der Waals surface area contributed by atoms with E-state index in [1.165, 1.54) is 77.5 Å². The van der Waals surface area contributed by atoms with Crippen LogP contribution in [-0.2, 0) is 5.41 Å². The Morgan fingerprint density at radius 2 is 0.857 bits per heavy atom. The van der Waals surface area contributed by atoms with Crippen LogP contribution in [0.4, 0.5) is 11.4 Å². The lowest BCUT2D eigenvalue weighted by Crippen LogP contribution is -2.29. The summed E-state index contributed by atoms with van der Waals surface area (Å²) in [5.41, 5.74) is 17.8. The van der Waals surface area contributed by atoms with Gasteiger partial charge in [-0.2, -0.15) is 0 Å².